The number of carbonyl (C=O) groups is 1. The highest BCUT2D eigenvalue weighted by Gasteiger charge is 2.06. The number of hydrogen-bond acceptors (Lipinski definition) is 3. The molecule has 2 rings (SSSR count). The zero-order chi connectivity index (χ0) is 17.5. The van der Waals surface area contributed by atoms with Crippen molar-refractivity contribution in [2.75, 3.05) is 18.5 Å². The van der Waals surface area contributed by atoms with E-state index in [0.717, 1.165) is 22.4 Å². The first-order valence-electron chi connectivity index (χ1n) is 8.01. The third-order valence-electron chi connectivity index (χ3n) is 3.66. The SMILES string of the molecule is Cc1ccc(O)c(NC(=O)NCCCOc2c(C)cccc2C)c1. The van der Waals surface area contributed by atoms with Gasteiger partial charge in [-0.05, 0) is 56.0 Å². The molecule has 2 aromatic rings. The van der Waals surface area contributed by atoms with Crippen LogP contribution >= 0.6 is 0 Å². The quantitative estimate of drug-likeness (QED) is 0.556. The maximum atomic E-state index is 11.8. The number of aryl methyl sites for hydroxylation is 3. The number of amides is 2. The molecule has 2 aromatic carbocycles. The lowest BCUT2D eigenvalue weighted by Crippen LogP contribution is -2.30. The zero-order valence-corrected chi connectivity index (χ0v) is 14.3. The Labute approximate surface area is 142 Å². The van der Waals surface area contributed by atoms with Gasteiger partial charge >= 0.3 is 6.03 Å². The maximum Gasteiger partial charge on any atom is 0.319 e. The van der Waals surface area contributed by atoms with Gasteiger partial charge in [-0.1, -0.05) is 24.3 Å². The molecule has 0 aromatic heterocycles. The lowest BCUT2D eigenvalue weighted by atomic mass is 10.1. The summed E-state index contributed by atoms with van der Waals surface area (Å²) in [6.45, 7) is 6.95. The summed E-state index contributed by atoms with van der Waals surface area (Å²) in [7, 11) is 0. The van der Waals surface area contributed by atoms with E-state index in [1.54, 1.807) is 18.2 Å². The summed E-state index contributed by atoms with van der Waals surface area (Å²) in [5.74, 6) is 0.959. The number of rotatable bonds is 6. The van der Waals surface area contributed by atoms with Crippen molar-refractivity contribution in [1.29, 1.82) is 0 Å². The third kappa shape index (κ3) is 4.91. The Balaban J connectivity index is 1.72. The van der Waals surface area contributed by atoms with E-state index in [9.17, 15) is 9.90 Å². The first-order chi connectivity index (χ1) is 11.5. The minimum Gasteiger partial charge on any atom is -0.506 e. The number of para-hydroxylation sites is 1. The second-order valence-electron chi connectivity index (χ2n) is 5.82. The molecular formula is C19H24N2O3. The van der Waals surface area contributed by atoms with Gasteiger partial charge in [0.05, 0.1) is 12.3 Å². The molecule has 0 aliphatic carbocycles. The minimum atomic E-state index is -0.344. The standard InChI is InChI=1S/C19H24N2O3/c1-13-8-9-17(22)16(12-13)21-19(23)20-10-5-11-24-18-14(2)6-4-7-15(18)3/h4,6-9,12,22H,5,10-11H2,1-3H3,(H2,20,21,23). The van der Waals surface area contributed by atoms with E-state index in [4.69, 9.17) is 4.74 Å². The van der Waals surface area contributed by atoms with Crippen LogP contribution < -0.4 is 15.4 Å². The van der Waals surface area contributed by atoms with Crippen LogP contribution in [0, 0.1) is 20.8 Å². The fourth-order valence-electron chi connectivity index (χ4n) is 2.39. The molecule has 0 aliphatic heterocycles. The molecule has 128 valence electrons. The maximum absolute atomic E-state index is 11.8. The van der Waals surface area contributed by atoms with Crippen LogP contribution in [0.25, 0.3) is 0 Å². The fourth-order valence-corrected chi connectivity index (χ4v) is 2.39. The van der Waals surface area contributed by atoms with Crippen LogP contribution in [0.1, 0.15) is 23.1 Å². The molecule has 5 heteroatoms. The number of urea groups is 1. The van der Waals surface area contributed by atoms with Gasteiger partial charge in [0, 0.05) is 6.54 Å². The van der Waals surface area contributed by atoms with Crippen molar-refractivity contribution >= 4 is 11.7 Å². The molecule has 0 atom stereocenters. The van der Waals surface area contributed by atoms with Crippen LogP contribution in [0.4, 0.5) is 10.5 Å². The van der Waals surface area contributed by atoms with Gasteiger partial charge in [0.15, 0.2) is 0 Å². The Hall–Kier alpha value is -2.69. The predicted octanol–water partition coefficient (Wildman–Crippen LogP) is 3.91. The van der Waals surface area contributed by atoms with Crippen molar-refractivity contribution in [3.05, 3.63) is 53.1 Å². The number of benzene rings is 2. The van der Waals surface area contributed by atoms with Crippen LogP contribution in [-0.2, 0) is 0 Å². The monoisotopic (exact) mass is 328 g/mol. The molecule has 2 amide bonds. The average Bonchev–Trinajstić information content (AvgIpc) is 2.53. The smallest absolute Gasteiger partial charge is 0.319 e. The van der Waals surface area contributed by atoms with Gasteiger partial charge in [-0.2, -0.15) is 0 Å². The fraction of sp³-hybridized carbons (Fsp3) is 0.316. The highest BCUT2D eigenvalue weighted by Crippen LogP contribution is 2.24. The molecule has 3 N–H and O–H groups in total. The lowest BCUT2D eigenvalue weighted by molar-refractivity contribution is 0.250. The summed E-state index contributed by atoms with van der Waals surface area (Å²) in [4.78, 5) is 11.8. The van der Waals surface area contributed by atoms with Crippen LogP contribution in [0.2, 0.25) is 0 Å². The third-order valence-corrected chi connectivity index (χ3v) is 3.66. The topological polar surface area (TPSA) is 70.6 Å². The summed E-state index contributed by atoms with van der Waals surface area (Å²) in [6, 6.07) is 10.8. The van der Waals surface area contributed by atoms with Gasteiger partial charge in [0.25, 0.3) is 0 Å². The number of anilines is 1. The van der Waals surface area contributed by atoms with Gasteiger partial charge in [-0.15, -0.1) is 0 Å². The number of phenols is 1. The first kappa shape index (κ1) is 17.7. The molecule has 0 unspecified atom stereocenters. The van der Waals surface area contributed by atoms with Crippen molar-refractivity contribution in [1.82, 2.24) is 5.32 Å². The number of carbonyl (C=O) groups excluding carboxylic acids is 1. The number of aromatic hydroxyl groups is 1. The minimum absolute atomic E-state index is 0.0501. The van der Waals surface area contributed by atoms with Crippen molar-refractivity contribution in [2.45, 2.75) is 27.2 Å². The molecule has 0 aliphatic rings. The summed E-state index contributed by atoms with van der Waals surface area (Å²) >= 11 is 0. The molecule has 0 saturated carbocycles. The number of nitrogens with one attached hydrogen (secondary N) is 2. The molecule has 0 bridgehead atoms. The van der Waals surface area contributed by atoms with Crippen molar-refractivity contribution in [3.63, 3.8) is 0 Å². The lowest BCUT2D eigenvalue weighted by Gasteiger charge is -2.12. The molecule has 24 heavy (non-hydrogen) atoms. The number of ether oxygens (including phenoxy) is 1. The Morgan fingerprint density at radius 2 is 1.83 bits per heavy atom. The van der Waals surface area contributed by atoms with Crippen LogP contribution in [0.5, 0.6) is 11.5 Å². The summed E-state index contributed by atoms with van der Waals surface area (Å²) in [5.41, 5.74) is 3.58. The van der Waals surface area contributed by atoms with Crippen molar-refractivity contribution < 1.29 is 14.6 Å². The Kier molecular flexibility index (Phi) is 6.07. The van der Waals surface area contributed by atoms with E-state index in [1.807, 2.05) is 39.0 Å². The van der Waals surface area contributed by atoms with E-state index in [1.165, 1.54) is 0 Å². The highest BCUT2D eigenvalue weighted by molar-refractivity contribution is 5.90. The van der Waals surface area contributed by atoms with Crippen molar-refractivity contribution in [2.24, 2.45) is 0 Å². The Morgan fingerprint density at radius 1 is 1.12 bits per heavy atom. The average molecular weight is 328 g/mol. The molecule has 0 heterocycles. The molecule has 0 saturated heterocycles. The van der Waals surface area contributed by atoms with Crippen molar-refractivity contribution in [3.8, 4) is 11.5 Å². The molecule has 0 fully saturated rings. The molecule has 0 radical (unpaired) electrons. The second kappa shape index (κ2) is 8.24. The highest BCUT2D eigenvalue weighted by atomic mass is 16.5. The summed E-state index contributed by atoms with van der Waals surface area (Å²) in [6.07, 6.45) is 0.695. The van der Waals surface area contributed by atoms with Gasteiger partial charge in [0.2, 0.25) is 0 Å². The van der Waals surface area contributed by atoms with E-state index >= 15 is 0 Å². The molecular weight excluding hydrogens is 304 g/mol. The van der Waals surface area contributed by atoms with Crippen LogP contribution in [0.15, 0.2) is 36.4 Å². The van der Waals surface area contributed by atoms with E-state index in [-0.39, 0.29) is 11.8 Å². The number of hydrogen-bond donors (Lipinski definition) is 3. The van der Waals surface area contributed by atoms with Crippen LogP contribution in [-0.4, -0.2) is 24.3 Å². The van der Waals surface area contributed by atoms with E-state index in [0.29, 0.717) is 25.3 Å². The first-order valence-corrected chi connectivity index (χ1v) is 8.01. The van der Waals surface area contributed by atoms with Gasteiger partial charge < -0.3 is 20.5 Å². The normalized spacial score (nSPS) is 10.3. The van der Waals surface area contributed by atoms with Gasteiger partial charge in [0.1, 0.15) is 11.5 Å². The van der Waals surface area contributed by atoms with E-state index in [2.05, 4.69) is 10.6 Å². The Bertz CT molecular complexity index is 694. The summed E-state index contributed by atoms with van der Waals surface area (Å²) in [5, 5.41) is 15.1. The van der Waals surface area contributed by atoms with Gasteiger partial charge in [-0.25, -0.2) is 4.79 Å². The summed E-state index contributed by atoms with van der Waals surface area (Å²) < 4.78 is 5.79. The van der Waals surface area contributed by atoms with E-state index < -0.39 is 0 Å². The second-order valence-corrected chi connectivity index (χ2v) is 5.82. The van der Waals surface area contributed by atoms with Gasteiger partial charge in [-0.3, -0.25) is 0 Å². The molecule has 0 spiro atoms. The Morgan fingerprint density at radius 3 is 2.54 bits per heavy atom. The van der Waals surface area contributed by atoms with Crippen LogP contribution in [0.3, 0.4) is 0 Å². The largest absolute Gasteiger partial charge is 0.506 e. The zero-order valence-electron chi connectivity index (χ0n) is 14.3. The molecule has 5 nitrogen and oxygen atoms in total. The predicted molar refractivity (Wildman–Crippen MR) is 95.9 cm³/mol. The number of phenolic OH excluding ortho intramolecular Hbond substituents is 1.